The van der Waals surface area contributed by atoms with E-state index >= 15 is 0 Å². The fourth-order valence-electron chi connectivity index (χ4n) is 3.30. The molecule has 3 rings (SSSR count). The Kier molecular flexibility index (Phi) is 5.74. The molecule has 1 saturated carbocycles. The molecule has 0 spiro atoms. The van der Waals surface area contributed by atoms with Crippen LogP contribution in [0.2, 0.25) is 0 Å². The van der Waals surface area contributed by atoms with Gasteiger partial charge in [-0.1, -0.05) is 49.1 Å². The summed E-state index contributed by atoms with van der Waals surface area (Å²) in [4.78, 5) is 20.9. The van der Waals surface area contributed by atoms with Crippen LogP contribution in [0.1, 0.15) is 71.0 Å². The predicted molar refractivity (Wildman–Crippen MR) is 100 cm³/mol. The molecule has 0 atom stereocenters. The first kappa shape index (κ1) is 17.9. The van der Waals surface area contributed by atoms with Gasteiger partial charge in [0.1, 0.15) is 16.4 Å². The maximum absolute atomic E-state index is 11.7. The van der Waals surface area contributed by atoms with E-state index in [9.17, 15) is 9.90 Å². The van der Waals surface area contributed by atoms with Crippen LogP contribution in [-0.4, -0.2) is 21.0 Å². The number of rotatable bonds is 5. The van der Waals surface area contributed by atoms with Crippen molar-refractivity contribution in [2.45, 2.75) is 62.6 Å². The summed E-state index contributed by atoms with van der Waals surface area (Å²) >= 11 is 1.49. The monoisotopic (exact) mass is 356 g/mol. The number of hydrogen-bond acceptors (Lipinski definition) is 4. The van der Waals surface area contributed by atoms with Gasteiger partial charge in [-0.3, -0.25) is 0 Å². The topological polar surface area (TPSA) is 63.1 Å². The minimum absolute atomic E-state index is 0.247. The van der Waals surface area contributed by atoms with Crippen LogP contribution in [0.15, 0.2) is 29.3 Å². The van der Waals surface area contributed by atoms with E-state index in [1.165, 1.54) is 42.2 Å². The number of carbonyl (C=O) groups is 1. The Hall–Kier alpha value is -1.88. The molecule has 1 N–H and O–H groups in total. The van der Waals surface area contributed by atoms with Gasteiger partial charge in [0.05, 0.1) is 5.69 Å². The van der Waals surface area contributed by atoms with Crippen LogP contribution in [0.5, 0.6) is 0 Å². The number of benzene rings is 1. The highest BCUT2D eigenvalue weighted by molar-refractivity contribution is 7.98. The average Bonchev–Trinajstić information content (AvgIpc) is 2.61. The maximum atomic E-state index is 11.7. The largest absolute Gasteiger partial charge is 0.478 e. The van der Waals surface area contributed by atoms with Crippen molar-refractivity contribution < 1.29 is 9.90 Å². The molecule has 4 nitrogen and oxygen atoms in total. The average molecular weight is 356 g/mol. The van der Waals surface area contributed by atoms with Gasteiger partial charge in [0.15, 0.2) is 0 Å². The fourth-order valence-corrected chi connectivity index (χ4v) is 4.33. The van der Waals surface area contributed by atoms with Crippen molar-refractivity contribution in [3.63, 3.8) is 0 Å². The van der Waals surface area contributed by atoms with Gasteiger partial charge in [-0.15, -0.1) is 11.8 Å². The Morgan fingerprint density at radius 1 is 1.12 bits per heavy atom. The summed E-state index contributed by atoms with van der Waals surface area (Å²) in [5.74, 6) is 0.961. The molecular formula is C20H24N2O2S. The summed E-state index contributed by atoms with van der Waals surface area (Å²) in [5, 5.41) is 10.2. The Morgan fingerprint density at radius 2 is 1.80 bits per heavy atom. The van der Waals surface area contributed by atoms with Crippen molar-refractivity contribution in [3.05, 3.63) is 52.5 Å². The van der Waals surface area contributed by atoms with E-state index in [2.05, 4.69) is 41.2 Å². The van der Waals surface area contributed by atoms with Crippen LogP contribution >= 0.6 is 11.8 Å². The molecule has 0 radical (unpaired) electrons. The Labute approximate surface area is 153 Å². The summed E-state index contributed by atoms with van der Waals surface area (Å²) in [6.07, 6.45) is 5.90. The number of hydrogen-bond donors (Lipinski definition) is 1. The van der Waals surface area contributed by atoms with E-state index in [1.807, 2.05) is 0 Å². The van der Waals surface area contributed by atoms with Crippen LogP contribution in [0, 0.1) is 13.8 Å². The van der Waals surface area contributed by atoms with Crippen molar-refractivity contribution in [2.75, 3.05) is 0 Å². The molecule has 25 heavy (non-hydrogen) atoms. The van der Waals surface area contributed by atoms with E-state index in [-0.39, 0.29) is 5.56 Å². The summed E-state index contributed by atoms with van der Waals surface area (Å²) < 4.78 is 0. The number of aromatic nitrogens is 2. The van der Waals surface area contributed by atoms with Gasteiger partial charge in [0.2, 0.25) is 0 Å². The third-order valence-corrected chi connectivity index (χ3v) is 5.80. The lowest BCUT2D eigenvalue weighted by Crippen LogP contribution is -2.14. The van der Waals surface area contributed by atoms with Crippen molar-refractivity contribution in [2.24, 2.45) is 0 Å². The number of thioether (sulfide) groups is 1. The van der Waals surface area contributed by atoms with Gasteiger partial charge < -0.3 is 5.11 Å². The maximum Gasteiger partial charge on any atom is 0.340 e. The van der Waals surface area contributed by atoms with Crippen molar-refractivity contribution >= 4 is 17.7 Å². The molecule has 0 saturated heterocycles. The first-order chi connectivity index (χ1) is 12.0. The first-order valence-corrected chi connectivity index (χ1v) is 9.83. The van der Waals surface area contributed by atoms with Gasteiger partial charge in [0, 0.05) is 11.7 Å². The van der Waals surface area contributed by atoms with Crippen LogP contribution in [0.4, 0.5) is 0 Å². The third-order valence-electron chi connectivity index (χ3n) is 4.75. The lowest BCUT2D eigenvalue weighted by atomic mass is 9.88. The first-order valence-electron chi connectivity index (χ1n) is 8.85. The molecule has 0 aliphatic heterocycles. The van der Waals surface area contributed by atoms with E-state index in [0.29, 0.717) is 22.4 Å². The highest BCUT2D eigenvalue weighted by Crippen LogP contribution is 2.33. The van der Waals surface area contributed by atoms with Crippen molar-refractivity contribution in [1.29, 1.82) is 0 Å². The number of aromatic carboxylic acids is 1. The molecule has 0 amide bonds. The molecule has 0 bridgehead atoms. The summed E-state index contributed by atoms with van der Waals surface area (Å²) in [5.41, 5.74) is 3.21. The highest BCUT2D eigenvalue weighted by atomic mass is 32.2. The lowest BCUT2D eigenvalue weighted by Gasteiger charge is -2.21. The number of aryl methyl sites for hydroxylation is 2. The second-order valence-corrected chi connectivity index (χ2v) is 7.73. The molecule has 1 fully saturated rings. The SMILES string of the molecule is Cc1ccc(CSc2nc(C3CCCCC3)nc(C)c2C(=O)O)cc1. The Morgan fingerprint density at radius 3 is 2.44 bits per heavy atom. The van der Waals surface area contributed by atoms with E-state index in [0.717, 1.165) is 18.7 Å². The molecule has 2 aromatic rings. The second kappa shape index (κ2) is 8.00. The minimum atomic E-state index is -0.945. The zero-order valence-corrected chi connectivity index (χ0v) is 15.6. The van der Waals surface area contributed by atoms with Crippen LogP contribution in [0.25, 0.3) is 0 Å². The van der Waals surface area contributed by atoms with Gasteiger partial charge in [-0.2, -0.15) is 0 Å². The molecule has 1 heterocycles. The van der Waals surface area contributed by atoms with E-state index < -0.39 is 5.97 Å². The summed E-state index contributed by atoms with van der Waals surface area (Å²) in [7, 11) is 0. The highest BCUT2D eigenvalue weighted by Gasteiger charge is 2.23. The quantitative estimate of drug-likeness (QED) is 0.594. The molecule has 1 aliphatic rings. The summed E-state index contributed by atoms with van der Waals surface area (Å²) in [6, 6.07) is 8.32. The standard InChI is InChI=1S/C20H24N2O2S/c1-13-8-10-15(11-9-13)12-25-19-17(20(23)24)14(2)21-18(22-19)16-6-4-3-5-7-16/h8-11,16H,3-7,12H2,1-2H3,(H,23,24). The van der Waals surface area contributed by atoms with E-state index in [1.54, 1.807) is 6.92 Å². The zero-order valence-electron chi connectivity index (χ0n) is 14.8. The van der Waals surface area contributed by atoms with E-state index in [4.69, 9.17) is 0 Å². The second-order valence-electron chi connectivity index (χ2n) is 6.76. The van der Waals surface area contributed by atoms with Gasteiger partial charge in [-0.25, -0.2) is 14.8 Å². The Bertz CT molecular complexity index is 753. The van der Waals surface area contributed by atoms with Gasteiger partial charge in [0.25, 0.3) is 0 Å². The Balaban J connectivity index is 1.87. The molecule has 1 aromatic heterocycles. The molecule has 1 aliphatic carbocycles. The smallest absolute Gasteiger partial charge is 0.340 e. The van der Waals surface area contributed by atoms with Crippen LogP contribution in [0.3, 0.4) is 0 Å². The van der Waals surface area contributed by atoms with Crippen molar-refractivity contribution in [1.82, 2.24) is 9.97 Å². The van der Waals surface area contributed by atoms with Crippen LogP contribution in [-0.2, 0) is 5.75 Å². The molecule has 0 unspecified atom stereocenters. The van der Waals surface area contributed by atoms with Crippen molar-refractivity contribution in [3.8, 4) is 0 Å². The third kappa shape index (κ3) is 4.40. The van der Waals surface area contributed by atoms with Gasteiger partial charge >= 0.3 is 5.97 Å². The zero-order chi connectivity index (χ0) is 17.8. The molecule has 132 valence electrons. The lowest BCUT2D eigenvalue weighted by molar-refractivity contribution is 0.0690. The number of carboxylic acid groups (broad SMARTS) is 1. The predicted octanol–water partition coefficient (Wildman–Crippen LogP) is 5.13. The van der Waals surface area contributed by atoms with Crippen LogP contribution < -0.4 is 0 Å². The number of carboxylic acids is 1. The normalized spacial score (nSPS) is 15.3. The molecule has 5 heteroatoms. The molecular weight excluding hydrogens is 332 g/mol. The van der Waals surface area contributed by atoms with Gasteiger partial charge in [-0.05, 0) is 32.3 Å². The fraction of sp³-hybridized carbons (Fsp3) is 0.450. The number of nitrogens with zero attached hydrogens (tertiary/aromatic N) is 2. The summed E-state index contributed by atoms with van der Waals surface area (Å²) in [6.45, 7) is 3.84. The molecule has 1 aromatic carbocycles. The minimum Gasteiger partial charge on any atom is -0.478 e.